The van der Waals surface area contributed by atoms with Crippen LogP contribution in [0.5, 0.6) is 0 Å². The summed E-state index contributed by atoms with van der Waals surface area (Å²) in [6.07, 6.45) is 3.93. The summed E-state index contributed by atoms with van der Waals surface area (Å²) in [5, 5.41) is 21.9. The van der Waals surface area contributed by atoms with Crippen LogP contribution in [-0.4, -0.2) is 29.7 Å². The third kappa shape index (κ3) is 4.15. The molecule has 3 rings (SSSR count). The van der Waals surface area contributed by atoms with Crippen LogP contribution in [0, 0.1) is 10.1 Å². The summed E-state index contributed by atoms with van der Waals surface area (Å²) >= 11 is 0. The Morgan fingerprint density at radius 1 is 1.07 bits per heavy atom. The van der Waals surface area contributed by atoms with Crippen molar-refractivity contribution in [2.75, 3.05) is 24.6 Å². The summed E-state index contributed by atoms with van der Waals surface area (Å²) in [4.78, 5) is 12.9. The summed E-state index contributed by atoms with van der Waals surface area (Å²) < 4.78 is 7.40. The lowest BCUT2D eigenvalue weighted by Crippen LogP contribution is -2.25. The Labute approximate surface area is 159 Å². The first-order valence-electron chi connectivity index (χ1n) is 9.44. The van der Waals surface area contributed by atoms with Crippen LogP contribution in [0.4, 0.5) is 11.4 Å². The highest BCUT2D eigenvalue weighted by Gasteiger charge is 2.12. The third-order valence-corrected chi connectivity index (χ3v) is 4.48. The fourth-order valence-corrected chi connectivity index (χ4v) is 3.08. The largest absolute Gasteiger partial charge is 0.395 e. The molecular formula is C22H22N2O3. The van der Waals surface area contributed by atoms with Gasteiger partial charge in [0.1, 0.15) is 0 Å². The molecule has 0 spiro atoms. The number of likely N-dealkylation sites (N-methyl/N-ethyl adjacent to an activating group) is 1. The average Bonchev–Trinajstić information content (AvgIpc) is 2.72. The van der Waals surface area contributed by atoms with Gasteiger partial charge in [0, 0.05) is 26.2 Å². The van der Waals surface area contributed by atoms with E-state index in [1.807, 2.05) is 53.5 Å². The number of anilines is 1. The molecule has 5 heteroatoms. The molecule has 3 aromatic carbocycles. The molecule has 3 aromatic rings. The molecule has 0 heterocycles. The first-order chi connectivity index (χ1) is 13.6. The molecule has 27 heavy (non-hydrogen) atoms. The SMILES string of the molecule is [2H]CCN(CCO)c1ccc(/C=C/c2ccc([N+](=O)[O-])c3ccccc23)cc1. The van der Waals surface area contributed by atoms with Gasteiger partial charge in [-0.1, -0.05) is 42.5 Å². The van der Waals surface area contributed by atoms with Gasteiger partial charge in [-0.05, 0) is 47.7 Å². The number of aliphatic hydroxyl groups is 1. The molecule has 0 bridgehead atoms. The molecule has 0 atom stereocenters. The number of hydrogen-bond acceptors (Lipinski definition) is 4. The third-order valence-electron chi connectivity index (χ3n) is 4.48. The summed E-state index contributed by atoms with van der Waals surface area (Å²) in [5.41, 5.74) is 3.00. The standard InChI is InChI=1S/C22H22N2O3/c1-2-23(15-16-25)19-12-8-17(9-13-19)7-10-18-11-14-22(24(26)27)21-6-4-3-5-20(18)21/h3-14,25H,2,15-16H2,1H3/b10-7+/i1D. The van der Waals surface area contributed by atoms with E-state index in [4.69, 9.17) is 1.37 Å². The van der Waals surface area contributed by atoms with Gasteiger partial charge in [-0.2, -0.15) is 0 Å². The molecule has 0 amide bonds. The molecule has 0 aromatic heterocycles. The van der Waals surface area contributed by atoms with Gasteiger partial charge in [0.25, 0.3) is 5.69 Å². The zero-order valence-corrected chi connectivity index (χ0v) is 14.9. The van der Waals surface area contributed by atoms with E-state index in [2.05, 4.69) is 0 Å². The van der Waals surface area contributed by atoms with E-state index in [1.165, 1.54) is 0 Å². The fourth-order valence-electron chi connectivity index (χ4n) is 3.08. The zero-order valence-electron chi connectivity index (χ0n) is 15.9. The minimum atomic E-state index is -0.358. The van der Waals surface area contributed by atoms with E-state index >= 15 is 0 Å². The Morgan fingerprint density at radius 2 is 1.81 bits per heavy atom. The summed E-state index contributed by atoms with van der Waals surface area (Å²) in [6, 6.07) is 18.5. The molecule has 1 N–H and O–H groups in total. The van der Waals surface area contributed by atoms with Crippen LogP contribution in [0.2, 0.25) is 0 Å². The predicted molar refractivity (Wildman–Crippen MR) is 111 cm³/mol. The van der Waals surface area contributed by atoms with E-state index in [-0.39, 0.29) is 24.1 Å². The minimum Gasteiger partial charge on any atom is -0.395 e. The number of fused-ring (bicyclic) bond motifs is 1. The van der Waals surface area contributed by atoms with Crippen LogP contribution in [0.3, 0.4) is 0 Å². The topological polar surface area (TPSA) is 66.6 Å². The number of nitro groups is 1. The number of non-ortho nitro benzene ring substituents is 1. The van der Waals surface area contributed by atoms with Crippen LogP contribution in [0.25, 0.3) is 22.9 Å². The highest BCUT2D eigenvalue weighted by atomic mass is 16.6. The molecule has 0 unspecified atom stereocenters. The van der Waals surface area contributed by atoms with E-state index in [1.54, 1.807) is 24.3 Å². The first-order valence-corrected chi connectivity index (χ1v) is 8.73. The maximum Gasteiger partial charge on any atom is 0.277 e. The van der Waals surface area contributed by atoms with E-state index in [0.29, 0.717) is 18.5 Å². The van der Waals surface area contributed by atoms with E-state index in [9.17, 15) is 15.2 Å². The quantitative estimate of drug-likeness (QED) is 0.374. The van der Waals surface area contributed by atoms with Crippen LogP contribution in [-0.2, 0) is 0 Å². The number of aliphatic hydroxyl groups excluding tert-OH is 1. The molecule has 0 aliphatic rings. The van der Waals surface area contributed by atoms with Gasteiger partial charge in [-0.25, -0.2) is 0 Å². The van der Waals surface area contributed by atoms with Crippen molar-refractivity contribution in [2.45, 2.75) is 6.90 Å². The Bertz CT molecular complexity index is 981. The Balaban J connectivity index is 1.86. The van der Waals surface area contributed by atoms with Gasteiger partial charge < -0.3 is 10.0 Å². The summed E-state index contributed by atoms with van der Waals surface area (Å²) in [5.74, 6) is 0. The smallest absolute Gasteiger partial charge is 0.277 e. The average molecular weight is 363 g/mol. The van der Waals surface area contributed by atoms with Crippen LogP contribution >= 0.6 is 0 Å². The van der Waals surface area contributed by atoms with Crippen molar-refractivity contribution in [3.63, 3.8) is 0 Å². The normalized spacial score (nSPS) is 11.7. The number of rotatable bonds is 7. The van der Waals surface area contributed by atoms with Gasteiger partial charge in [-0.15, -0.1) is 0 Å². The lowest BCUT2D eigenvalue weighted by molar-refractivity contribution is -0.383. The second-order valence-corrected chi connectivity index (χ2v) is 6.11. The molecule has 0 saturated carbocycles. The van der Waals surface area contributed by atoms with Crippen LogP contribution in [0.15, 0.2) is 60.7 Å². The molecule has 0 radical (unpaired) electrons. The molecule has 0 aliphatic heterocycles. The predicted octanol–water partition coefficient (Wildman–Crippen LogP) is 4.74. The number of nitro benzene ring substituents is 1. The van der Waals surface area contributed by atoms with Crippen molar-refractivity contribution in [1.82, 2.24) is 0 Å². The van der Waals surface area contributed by atoms with Crippen molar-refractivity contribution in [3.8, 4) is 0 Å². The van der Waals surface area contributed by atoms with Gasteiger partial charge in [-0.3, -0.25) is 10.1 Å². The van der Waals surface area contributed by atoms with E-state index in [0.717, 1.165) is 22.2 Å². The van der Waals surface area contributed by atoms with Crippen LogP contribution < -0.4 is 4.90 Å². The second kappa shape index (κ2) is 8.47. The number of hydrogen-bond donors (Lipinski definition) is 1. The summed E-state index contributed by atoms with van der Waals surface area (Å²) in [6.45, 7) is 1.40. The van der Waals surface area contributed by atoms with Crippen molar-refractivity contribution in [2.24, 2.45) is 0 Å². The zero-order chi connectivity index (χ0) is 19.9. The minimum absolute atomic E-state index is 0.0505. The molecule has 0 fully saturated rings. The Hall–Kier alpha value is -3.18. The molecule has 0 aliphatic carbocycles. The van der Waals surface area contributed by atoms with Crippen molar-refractivity contribution in [3.05, 3.63) is 81.9 Å². The van der Waals surface area contributed by atoms with Gasteiger partial charge >= 0.3 is 0 Å². The monoisotopic (exact) mass is 363 g/mol. The van der Waals surface area contributed by atoms with Gasteiger partial charge in [0.2, 0.25) is 0 Å². The highest BCUT2D eigenvalue weighted by Crippen LogP contribution is 2.29. The lowest BCUT2D eigenvalue weighted by atomic mass is 10.0. The van der Waals surface area contributed by atoms with Crippen LogP contribution in [0.1, 0.15) is 19.4 Å². The van der Waals surface area contributed by atoms with Crippen molar-refractivity contribution < 1.29 is 11.4 Å². The Kier molecular flexibility index (Phi) is 5.41. The van der Waals surface area contributed by atoms with Gasteiger partial charge in [0.05, 0.1) is 16.9 Å². The van der Waals surface area contributed by atoms with Gasteiger partial charge in [0.15, 0.2) is 0 Å². The van der Waals surface area contributed by atoms with Crippen molar-refractivity contribution >= 4 is 34.3 Å². The lowest BCUT2D eigenvalue weighted by Gasteiger charge is -2.21. The second-order valence-electron chi connectivity index (χ2n) is 6.11. The molecule has 138 valence electrons. The molecular weight excluding hydrogens is 340 g/mol. The molecule has 0 saturated heterocycles. The number of benzene rings is 3. The first kappa shape index (κ1) is 17.2. The fraction of sp³-hybridized carbons (Fsp3) is 0.182. The van der Waals surface area contributed by atoms with E-state index < -0.39 is 0 Å². The number of nitrogens with zero attached hydrogens (tertiary/aromatic N) is 2. The summed E-state index contributed by atoms with van der Waals surface area (Å²) in [7, 11) is 0. The highest BCUT2D eigenvalue weighted by molar-refractivity contribution is 5.98. The Morgan fingerprint density at radius 3 is 2.48 bits per heavy atom. The molecule has 5 nitrogen and oxygen atoms in total. The maximum absolute atomic E-state index is 11.2. The maximum atomic E-state index is 11.2. The van der Waals surface area contributed by atoms with Crippen molar-refractivity contribution in [1.29, 1.82) is 0 Å².